The Hall–Kier alpha value is -2.45. The molecule has 0 spiro atoms. The van der Waals surface area contributed by atoms with E-state index in [0.717, 1.165) is 76.7 Å². The molecule has 36 heavy (non-hydrogen) atoms. The van der Waals surface area contributed by atoms with E-state index in [1.807, 2.05) is 18.2 Å². The molecule has 0 unspecified atom stereocenters. The van der Waals surface area contributed by atoms with Crippen LogP contribution in [0.25, 0.3) is 6.08 Å². The number of rotatable bonds is 8. The number of nitrogens with one attached hydrogen (secondary N) is 1. The third-order valence-corrected chi connectivity index (χ3v) is 8.17. The molecule has 2 amide bonds. The van der Waals surface area contributed by atoms with Crippen molar-refractivity contribution in [1.82, 2.24) is 5.32 Å². The summed E-state index contributed by atoms with van der Waals surface area (Å²) in [7, 11) is 0. The van der Waals surface area contributed by atoms with E-state index in [1.165, 1.54) is 11.1 Å². The van der Waals surface area contributed by atoms with Gasteiger partial charge >= 0.3 is 0 Å². The summed E-state index contributed by atoms with van der Waals surface area (Å²) in [5, 5.41) is 1.91. The summed E-state index contributed by atoms with van der Waals surface area (Å²) in [5.41, 5.74) is 4.99. The number of fused-ring (bicyclic) bond motifs is 1. The van der Waals surface area contributed by atoms with Crippen molar-refractivity contribution in [3.05, 3.63) is 55.4 Å². The molecule has 0 bridgehead atoms. The lowest BCUT2D eigenvalue weighted by molar-refractivity contribution is -0.115. The third kappa shape index (κ3) is 5.59. The maximum atomic E-state index is 11.8. The van der Waals surface area contributed by atoms with Gasteiger partial charge < -0.3 is 14.2 Å². The van der Waals surface area contributed by atoms with E-state index in [-0.39, 0.29) is 11.1 Å². The number of thioether (sulfide) groups is 1. The highest BCUT2D eigenvalue weighted by Gasteiger charge is 2.36. The summed E-state index contributed by atoms with van der Waals surface area (Å²) < 4.78 is 19.7. The second-order valence-electron chi connectivity index (χ2n) is 9.60. The Bertz CT molecular complexity index is 1240. The highest BCUT2D eigenvalue weighted by molar-refractivity contribution is 9.10. The van der Waals surface area contributed by atoms with Crippen LogP contribution >= 0.6 is 27.7 Å². The van der Waals surface area contributed by atoms with Crippen molar-refractivity contribution in [1.29, 1.82) is 0 Å². The zero-order valence-corrected chi connectivity index (χ0v) is 23.8. The van der Waals surface area contributed by atoms with Crippen LogP contribution in [0.5, 0.6) is 17.2 Å². The topological polar surface area (TPSA) is 73.9 Å². The molecule has 1 atom stereocenters. The fraction of sp³-hybridized carbons (Fsp3) is 0.429. The Labute approximate surface area is 225 Å². The van der Waals surface area contributed by atoms with Gasteiger partial charge in [0.25, 0.3) is 11.1 Å². The number of hydrogen-bond donors (Lipinski definition) is 1. The molecule has 1 fully saturated rings. The molecule has 4 rings (SSSR count). The largest absolute Gasteiger partial charge is 0.493 e. The van der Waals surface area contributed by atoms with Crippen molar-refractivity contribution >= 4 is 44.9 Å². The van der Waals surface area contributed by atoms with E-state index >= 15 is 0 Å². The van der Waals surface area contributed by atoms with Gasteiger partial charge in [-0.3, -0.25) is 14.9 Å². The maximum Gasteiger partial charge on any atom is 0.290 e. The van der Waals surface area contributed by atoms with Gasteiger partial charge in [-0.1, -0.05) is 19.4 Å². The molecule has 0 radical (unpaired) electrons. The molecular formula is C28H32BrNO5S. The second kappa shape index (κ2) is 10.9. The average Bonchev–Trinajstić information content (AvgIpc) is 3.15. The fourth-order valence-corrected chi connectivity index (χ4v) is 5.64. The van der Waals surface area contributed by atoms with Crippen molar-refractivity contribution in [2.75, 3.05) is 13.2 Å². The Balaban J connectivity index is 1.47. The molecule has 2 aliphatic rings. The Morgan fingerprint density at radius 1 is 1.17 bits per heavy atom. The van der Waals surface area contributed by atoms with Crippen LogP contribution in [0.15, 0.2) is 27.6 Å². The van der Waals surface area contributed by atoms with E-state index in [9.17, 15) is 9.59 Å². The van der Waals surface area contributed by atoms with Gasteiger partial charge in [-0.2, -0.15) is 0 Å². The van der Waals surface area contributed by atoms with E-state index in [0.29, 0.717) is 17.3 Å². The summed E-state index contributed by atoms with van der Waals surface area (Å²) in [6.45, 7) is 11.7. The van der Waals surface area contributed by atoms with Crippen LogP contribution in [0.3, 0.4) is 0 Å². The number of unbranched alkanes of at least 4 members (excludes halogenated alkanes) is 1. The van der Waals surface area contributed by atoms with Crippen LogP contribution in [0.4, 0.5) is 4.79 Å². The molecule has 0 aliphatic carbocycles. The average molecular weight is 575 g/mol. The first-order valence-corrected chi connectivity index (χ1v) is 13.8. The van der Waals surface area contributed by atoms with Crippen molar-refractivity contribution in [3.63, 3.8) is 0 Å². The predicted octanol–water partition coefficient (Wildman–Crippen LogP) is 7.04. The molecule has 2 aromatic carbocycles. The van der Waals surface area contributed by atoms with Crippen molar-refractivity contribution in [2.24, 2.45) is 0 Å². The van der Waals surface area contributed by atoms with Gasteiger partial charge in [-0.05, 0) is 115 Å². The van der Waals surface area contributed by atoms with E-state index in [1.54, 1.807) is 6.08 Å². The molecular weight excluding hydrogens is 542 g/mol. The molecule has 2 heterocycles. The lowest BCUT2D eigenvalue weighted by Gasteiger charge is -2.38. The zero-order chi connectivity index (χ0) is 26.0. The molecule has 2 aliphatic heterocycles. The highest BCUT2D eigenvalue weighted by atomic mass is 79.9. The summed E-state index contributed by atoms with van der Waals surface area (Å²) >= 11 is 4.47. The van der Waals surface area contributed by atoms with Gasteiger partial charge in [0, 0.05) is 5.56 Å². The van der Waals surface area contributed by atoms with Crippen LogP contribution in [0, 0.1) is 20.8 Å². The van der Waals surface area contributed by atoms with Crippen LogP contribution in [0.1, 0.15) is 60.9 Å². The zero-order valence-electron chi connectivity index (χ0n) is 21.4. The fourth-order valence-electron chi connectivity index (χ4n) is 4.45. The normalized spacial score (nSPS) is 20.2. The van der Waals surface area contributed by atoms with Gasteiger partial charge in [-0.25, -0.2) is 0 Å². The SMILES string of the molecule is CCCCOc1c(C)c(C)c2c(c1C)CC[C@@](C)(COc1ccc(/C=C3/SC(=O)NC3=O)cc1Br)O2. The van der Waals surface area contributed by atoms with Crippen molar-refractivity contribution in [3.8, 4) is 17.2 Å². The summed E-state index contributed by atoms with van der Waals surface area (Å²) in [6, 6.07) is 5.59. The van der Waals surface area contributed by atoms with Crippen LogP contribution in [-0.2, 0) is 11.2 Å². The molecule has 1 N–H and O–H groups in total. The smallest absolute Gasteiger partial charge is 0.290 e. The minimum Gasteiger partial charge on any atom is -0.493 e. The van der Waals surface area contributed by atoms with E-state index < -0.39 is 5.60 Å². The Kier molecular flexibility index (Phi) is 8.05. The first-order chi connectivity index (χ1) is 17.1. The Morgan fingerprint density at radius 2 is 1.94 bits per heavy atom. The molecule has 192 valence electrons. The van der Waals surface area contributed by atoms with Gasteiger partial charge in [0.2, 0.25) is 0 Å². The van der Waals surface area contributed by atoms with Gasteiger partial charge in [-0.15, -0.1) is 0 Å². The molecule has 2 aromatic rings. The first-order valence-electron chi connectivity index (χ1n) is 12.2. The number of imide groups is 1. The van der Waals surface area contributed by atoms with Crippen molar-refractivity contribution < 1.29 is 23.8 Å². The number of hydrogen-bond acceptors (Lipinski definition) is 6. The summed E-state index contributed by atoms with van der Waals surface area (Å²) in [4.78, 5) is 23.6. The van der Waals surface area contributed by atoms with Crippen LogP contribution in [0.2, 0.25) is 0 Å². The number of carbonyl (C=O) groups excluding carboxylic acids is 2. The standard InChI is InChI=1S/C28H32BrNO5S/c1-6-7-12-33-24-16(2)17(3)25-20(18(24)4)10-11-28(5,35-25)15-34-22-9-8-19(13-21(22)29)14-23-26(31)30-27(32)36-23/h8-9,13-14H,6-7,10-12,15H2,1-5H3,(H,30,31,32)/b23-14+/t28-/m0/s1. The minimum absolute atomic E-state index is 0.353. The van der Waals surface area contributed by atoms with Gasteiger partial charge in [0.05, 0.1) is 16.0 Å². The van der Waals surface area contributed by atoms with E-state index in [2.05, 4.69) is 55.9 Å². The number of amides is 2. The molecule has 0 aromatic heterocycles. The highest BCUT2D eigenvalue weighted by Crippen LogP contribution is 2.44. The first kappa shape index (κ1) is 26.6. The number of halogens is 1. The van der Waals surface area contributed by atoms with Crippen LogP contribution < -0.4 is 19.5 Å². The van der Waals surface area contributed by atoms with E-state index in [4.69, 9.17) is 14.2 Å². The van der Waals surface area contributed by atoms with Crippen LogP contribution in [-0.4, -0.2) is 30.0 Å². The van der Waals surface area contributed by atoms with Gasteiger partial charge in [0.1, 0.15) is 29.5 Å². The Morgan fingerprint density at radius 3 is 2.61 bits per heavy atom. The van der Waals surface area contributed by atoms with Crippen molar-refractivity contribution in [2.45, 2.75) is 65.9 Å². The summed E-state index contributed by atoms with van der Waals surface area (Å²) in [6.07, 6.45) is 5.58. The lowest BCUT2D eigenvalue weighted by atomic mass is 9.87. The number of benzene rings is 2. The quantitative estimate of drug-likeness (QED) is 0.269. The number of ether oxygens (including phenoxy) is 3. The van der Waals surface area contributed by atoms with Gasteiger partial charge in [0.15, 0.2) is 0 Å². The minimum atomic E-state index is -0.472. The molecule has 8 heteroatoms. The third-order valence-electron chi connectivity index (χ3n) is 6.74. The molecule has 6 nitrogen and oxygen atoms in total. The number of carbonyl (C=O) groups is 2. The summed E-state index contributed by atoms with van der Waals surface area (Å²) in [5.74, 6) is 2.27. The lowest BCUT2D eigenvalue weighted by Crippen LogP contribution is -2.42. The maximum absolute atomic E-state index is 11.8. The molecule has 1 saturated heterocycles. The predicted molar refractivity (Wildman–Crippen MR) is 147 cm³/mol. The second-order valence-corrected chi connectivity index (χ2v) is 11.5. The molecule has 0 saturated carbocycles. The monoisotopic (exact) mass is 573 g/mol.